The van der Waals surface area contributed by atoms with Gasteiger partial charge in [0.05, 0.1) is 28.2 Å². The Morgan fingerprint density at radius 3 is 2.14 bits per heavy atom. The lowest BCUT2D eigenvalue weighted by Crippen LogP contribution is -2.21. The maximum atomic E-state index is 15.2. The van der Waals surface area contributed by atoms with Crippen LogP contribution in [0.15, 0.2) is 23.2 Å². The number of halogens is 8. The predicted molar refractivity (Wildman–Crippen MR) is 143 cm³/mol. The van der Waals surface area contributed by atoms with Crippen molar-refractivity contribution in [2.45, 2.75) is 43.2 Å². The Balaban J connectivity index is 0.000000317. The van der Waals surface area contributed by atoms with E-state index in [1.165, 1.54) is 23.1 Å². The summed E-state index contributed by atoms with van der Waals surface area (Å²) in [4.78, 5) is 40.0. The van der Waals surface area contributed by atoms with Crippen LogP contribution in [0.1, 0.15) is 18.9 Å². The molecular formula is C24H19F8N5O5S2. The van der Waals surface area contributed by atoms with Crippen LogP contribution in [0.5, 0.6) is 0 Å². The summed E-state index contributed by atoms with van der Waals surface area (Å²) < 4.78 is 91.8. The van der Waals surface area contributed by atoms with Gasteiger partial charge in [-0.25, -0.2) is 28.3 Å². The lowest BCUT2D eigenvalue weighted by molar-refractivity contribution is -0.193. The molecule has 1 aliphatic carbocycles. The summed E-state index contributed by atoms with van der Waals surface area (Å²) >= 11 is 2.56. The van der Waals surface area contributed by atoms with E-state index >= 15 is 4.39 Å². The molecule has 1 aromatic carbocycles. The van der Waals surface area contributed by atoms with Crippen LogP contribution in [0, 0.1) is 11.7 Å². The van der Waals surface area contributed by atoms with Crippen LogP contribution in [0.4, 0.5) is 40.3 Å². The second-order valence-corrected chi connectivity index (χ2v) is 10.5. The van der Waals surface area contributed by atoms with E-state index in [9.17, 15) is 35.5 Å². The molecule has 2 atom stereocenters. The van der Waals surface area contributed by atoms with Gasteiger partial charge < -0.3 is 15.5 Å². The molecule has 1 aliphatic rings. The predicted octanol–water partition coefficient (Wildman–Crippen LogP) is 6.22. The number of aromatic nitrogens is 4. The molecular weight excluding hydrogens is 654 g/mol. The summed E-state index contributed by atoms with van der Waals surface area (Å²) in [7, 11) is 0. The van der Waals surface area contributed by atoms with Crippen LogP contribution < -0.4 is 5.32 Å². The molecule has 1 amide bonds. The number of rotatable bonds is 5. The zero-order valence-electron chi connectivity index (χ0n) is 22.1. The number of carboxylic acid groups (broad SMARTS) is 2. The number of nitrogens with one attached hydrogen (secondary N) is 2. The van der Waals surface area contributed by atoms with Crippen molar-refractivity contribution in [1.29, 1.82) is 0 Å². The molecule has 5 rings (SSSR count). The maximum Gasteiger partial charge on any atom is 0.490 e. The number of thioether (sulfide) groups is 1. The van der Waals surface area contributed by atoms with Crippen molar-refractivity contribution in [3.63, 3.8) is 0 Å². The normalized spacial score (nSPS) is 16.0. The van der Waals surface area contributed by atoms with Crippen LogP contribution in [0.3, 0.4) is 0 Å². The number of nitrogens with zero attached hydrogens (tertiary/aromatic N) is 3. The van der Waals surface area contributed by atoms with Gasteiger partial charge in [-0.3, -0.25) is 9.89 Å². The summed E-state index contributed by atoms with van der Waals surface area (Å²) in [6.07, 6.45) is -6.94. The fraction of sp³-hybridized carbons (Fsp3) is 0.333. The van der Waals surface area contributed by atoms with Gasteiger partial charge in [0.15, 0.2) is 5.13 Å². The molecule has 1 fully saturated rings. The van der Waals surface area contributed by atoms with E-state index in [4.69, 9.17) is 24.8 Å². The number of thiazole rings is 1. The third-order valence-corrected chi connectivity index (χ3v) is 7.41. The van der Waals surface area contributed by atoms with Gasteiger partial charge in [-0.15, -0.1) is 11.8 Å². The van der Waals surface area contributed by atoms with Gasteiger partial charge in [-0.05, 0) is 36.8 Å². The van der Waals surface area contributed by atoms with E-state index in [1.54, 1.807) is 18.3 Å². The lowest BCUT2D eigenvalue weighted by Gasteiger charge is -2.13. The van der Waals surface area contributed by atoms with Gasteiger partial charge in [0.25, 0.3) is 0 Å². The highest BCUT2D eigenvalue weighted by atomic mass is 32.2. The second kappa shape index (κ2) is 13.3. The molecule has 44 heavy (non-hydrogen) atoms. The molecule has 238 valence electrons. The van der Waals surface area contributed by atoms with Crippen molar-refractivity contribution in [3.8, 4) is 11.3 Å². The first-order valence-corrected chi connectivity index (χ1v) is 14.0. The first kappa shape index (κ1) is 34.4. The van der Waals surface area contributed by atoms with Gasteiger partial charge >= 0.3 is 24.3 Å². The molecule has 0 bridgehead atoms. The quantitative estimate of drug-likeness (QED) is 0.143. The highest BCUT2D eigenvalue weighted by molar-refractivity contribution is 7.98. The summed E-state index contributed by atoms with van der Waals surface area (Å²) in [6, 6.07) is 3.59. The Hall–Kier alpha value is -4.07. The van der Waals surface area contributed by atoms with Gasteiger partial charge in [-0.2, -0.15) is 31.4 Å². The van der Waals surface area contributed by atoms with Crippen molar-refractivity contribution in [2.24, 2.45) is 5.92 Å². The number of hydrogen-bond donors (Lipinski definition) is 4. The number of fused-ring (bicyclic) bond motifs is 2. The molecule has 0 spiro atoms. The zero-order valence-corrected chi connectivity index (χ0v) is 23.7. The molecule has 0 radical (unpaired) electrons. The molecule has 4 N–H and O–H groups in total. The number of hydrogen-bond acceptors (Lipinski definition) is 8. The minimum Gasteiger partial charge on any atom is -0.475 e. The van der Waals surface area contributed by atoms with Crippen LogP contribution in [-0.4, -0.2) is 73.0 Å². The van der Waals surface area contributed by atoms with Gasteiger partial charge in [0, 0.05) is 10.9 Å². The summed E-state index contributed by atoms with van der Waals surface area (Å²) in [5.74, 6) is -6.72. The van der Waals surface area contributed by atoms with Crippen molar-refractivity contribution >= 4 is 67.3 Å². The number of pyridine rings is 1. The second-order valence-electron chi connectivity index (χ2n) is 8.71. The van der Waals surface area contributed by atoms with Gasteiger partial charge in [-0.1, -0.05) is 18.3 Å². The monoisotopic (exact) mass is 673 g/mol. The largest absolute Gasteiger partial charge is 0.490 e. The van der Waals surface area contributed by atoms with E-state index in [0.29, 0.717) is 49.1 Å². The number of aromatic amines is 1. The SMILES string of the molecule is CCc1c(F)c(SC)c2[nH]ncc2c1-c1ccc2nc(NC(=O)[C@@H]3C[C@@H]3F)sc2n1.O=C(O)C(F)(F)F.O=C(O)C(F)(F)F. The van der Waals surface area contributed by atoms with E-state index < -0.39 is 36.4 Å². The summed E-state index contributed by atoms with van der Waals surface area (Å²) in [5.41, 5.74) is 3.17. The standard InChI is InChI=1S/C20H17F2N5OS2.2C2HF3O2/c1-3-8-14(10-7-23-27-16(10)17(29-2)15(8)22)12-4-5-13-19(24-12)30-20(25-13)26-18(28)9-6-11(9)21;2*3-2(4,5)1(6)7/h4-5,7,9,11H,3,6H2,1-2H3,(H,23,27)(H,25,26,28);2*(H,6,7)/t9-,11+;;/m1../s1. The number of benzene rings is 1. The number of carbonyl (C=O) groups excluding carboxylic acids is 1. The number of alkyl halides is 7. The fourth-order valence-corrected chi connectivity index (χ4v) is 5.13. The van der Waals surface area contributed by atoms with Gasteiger partial charge in [0.2, 0.25) is 5.91 Å². The highest BCUT2D eigenvalue weighted by Crippen LogP contribution is 2.40. The van der Waals surface area contributed by atoms with Crippen LogP contribution in [0.2, 0.25) is 0 Å². The highest BCUT2D eigenvalue weighted by Gasteiger charge is 2.44. The average molecular weight is 674 g/mol. The Kier molecular flexibility index (Phi) is 10.4. The molecule has 0 aliphatic heterocycles. The molecule has 3 heterocycles. The van der Waals surface area contributed by atoms with E-state index in [0.717, 1.165) is 5.39 Å². The maximum absolute atomic E-state index is 15.2. The van der Waals surface area contributed by atoms with Crippen LogP contribution >= 0.6 is 23.1 Å². The number of anilines is 1. The smallest absolute Gasteiger partial charge is 0.475 e. The summed E-state index contributed by atoms with van der Waals surface area (Å²) in [5, 5.41) is 25.1. The molecule has 4 aromatic rings. The van der Waals surface area contributed by atoms with Gasteiger partial charge in [0.1, 0.15) is 22.3 Å². The lowest BCUT2D eigenvalue weighted by atomic mass is 9.97. The molecule has 1 saturated carbocycles. The van der Waals surface area contributed by atoms with Crippen LogP contribution in [0.25, 0.3) is 32.5 Å². The number of carbonyl (C=O) groups is 3. The Labute approximate surface area is 248 Å². The molecule has 20 heteroatoms. The third-order valence-electron chi connectivity index (χ3n) is 5.74. The van der Waals surface area contributed by atoms with Crippen LogP contribution in [-0.2, 0) is 20.8 Å². The number of amides is 1. The minimum absolute atomic E-state index is 0.261. The fourth-order valence-electron chi connectivity index (χ4n) is 3.63. The average Bonchev–Trinajstić information content (AvgIpc) is 3.28. The van der Waals surface area contributed by atoms with E-state index in [2.05, 4.69) is 20.5 Å². The first-order chi connectivity index (χ1) is 20.4. The third kappa shape index (κ3) is 7.90. The van der Waals surface area contributed by atoms with Crippen molar-refractivity contribution < 1.29 is 59.7 Å². The first-order valence-electron chi connectivity index (χ1n) is 11.9. The zero-order chi connectivity index (χ0) is 33.1. The van der Waals surface area contributed by atoms with E-state index in [-0.39, 0.29) is 18.1 Å². The Morgan fingerprint density at radius 2 is 1.66 bits per heavy atom. The minimum atomic E-state index is -5.08. The Bertz CT molecular complexity index is 1680. The van der Waals surface area contributed by atoms with E-state index in [1.807, 2.05) is 13.2 Å². The Morgan fingerprint density at radius 1 is 1.09 bits per heavy atom. The number of aliphatic carboxylic acids is 2. The topological polar surface area (TPSA) is 158 Å². The molecule has 10 nitrogen and oxygen atoms in total. The number of H-pyrrole nitrogens is 1. The summed E-state index contributed by atoms with van der Waals surface area (Å²) in [6.45, 7) is 1.91. The van der Waals surface area contributed by atoms with Crippen molar-refractivity contribution in [3.05, 3.63) is 29.7 Å². The molecule has 3 aromatic heterocycles. The molecule has 0 saturated heterocycles. The van der Waals surface area contributed by atoms with Crippen molar-refractivity contribution in [2.75, 3.05) is 11.6 Å². The van der Waals surface area contributed by atoms with Crippen molar-refractivity contribution in [1.82, 2.24) is 20.2 Å². The molecule has 0 unspecified atom stereocenters. The number of carboxylic acids is 2.